The van der Waals surface area contributed by atoms with Crippen LogP contribution in [0, 0.1) is 12.7 Å². The van der Waals surface area contributed by atoms with Gasteiger partial charge < -0.3 is 4.74 Å². The van der Waals surface area contributed by atoms with Crippen molar-refractivity contribution in [3.63, 3.8) is 0 Å². The molecule has 0 saturated heterocycles. The summed E-state index contributed by atoms with van der Waals surface area (Å²) in [6.07, 6.45) is 0. The number of hydrogen-bond acceptors (Lipinski definition) is 4. The summed E-state index contributed by atoms with van der Waals surface area (Å²) in [5.74, 6) is 0.166. The lowest BCUT2D eigenvalue weighted by Crippen LogP contribution is -2.28. The van der Waals surface area contributed by atoms with E-state index in [1.54, 1.807) is 23.9 Å². The van der Waals surface area contributed by atoms with Crippen molar-refractivity contribution in [2.75, 3.05) is 13.2 Å². The van der Waals surface area contributed by atoms with E-state index in [-0.39, 0.29) is 35.3 Å². The van der Waals surface area contributed by atoms with Crippen molar-refractivity contribution >= 4 is 10.0 Å². The predicted molar refractivity (Wildman–Crippen MR) is 117 cm³/mol. The van der Waals surface area contributed by atoms with Gasteiger partial charge in [-0.15, -0.1) is 0 Å². The summed E-state index contributed by atoms with van der Waals surface area (Å²) < 4.78 is 49.1. The smallest absolute Gasteiger partial charge is 0.275 e. The highest BCUT2D eigenvalue weighted by atomic mass is 32.2. The van der Waals surface area contributed by atoms with Gasteiger partial charge in [0.2, 0.25) is 10.0 Å². The van der Waals surface area contributed by atoms with Gasteiger partial charge in [0.15, 0.2) is 0 Å². The molecular formula is C22H26FN3O4S. The maximum absolute atomic E-state index is 12.9. The largest absolute Gasteiger partial charge is 0.492 e. The lowest BCUT2D eigenvalue weighted by Gasteiger charge is -2.11. The van der Waals surface area contributed by atoms with Gasteiger partial charge in [0, 0.05) is 24.8 Å². The Morgan fingerprint density at radius 2 is 1.68 bits per heavy atom. The van der Waals surface area contributed by atoms with Gasteiger partial charge in [-0.05, 0) is 61.4 Å². The molecule has 0 aliphatic rings. The first-order valence-electron chi connectivity index (χ1n) is 9.89. The fourth-order valence-electron chi connectivity index (χ4n) is 3.41. The number of aromatic nitrogens is 2. The molecule has 9 heteroatoms. The van der Waals surface area contributed by atoms with E-state index in [9.17, 15) is 17.6 Å². The number of hydrogen-bond donors (Lipinski definition) is 1. The maximum Gasteiger partial charge on any atom is 0.275 e. The molecule has 0 amide bonds. The molecule has 31 heavy (non-hydrogen) atoms. The molecule has 0 spiro atoms. The fraction of sp³-hybridized carbons (Fsp3) is 0.318. The zero-order chi connectivity index (χ0) is 22.8. The van der Waals surface area contributed by atoms with E-state index in [1.165, 1.54) is 41.1 Å². The quantitative estimate of drug-likeness (QED) is 0.538. The van der Waals surface area contributed by atoms with Gasteiger partial charge in [0.1, 0.15) is 18.2 Å². The van der Waals surface area contributed by atoms with E-state index in [0.717, 1.165) is 11.3 Å². The average Bonchev–Trinajstić information content (AvgIpc) is 2.95. The molecule has 1 heterocycles. The summed E-state index contributed by atoms with van der Waals surface area (Å²) in [4.78, 5) is 12.9. The second-order valence-electron chi connectivity index (χ2n) is 7.49. The van der Waals surface area contributed by atoms with Gasteiger partial charge in [0.05, 0.1) is 10.6 Å². The van der Waals surface area contributed by atoms with Crippen molar-refractivity contribution < 1.29 is 17.5 Å². The molecule has 0 radical (unpaired) electrons. The van der Waals surface area contributed by atoms with Crippen LogP contribution in [0.2, 0.25) is 0 Å². The molecule has 0 bridgehead atoms. The second kappa shape index (κ2) is 9.07. The number of ether oxygens (including phenoxy) is 1. The number of halogens is 1. The maximum atomic E-state index is 12.9. The van der Waals surface area contributed by atoms with Crippen LogP contribution in [-0.2, 0) is 17.1 Å². The minimum absolute atomic E-state index is 0.0513. The molecule has 166 valence electrons. The van der Waals surface area contributed by atoms with Crippen molar-refractivity contribution in [2.24, 2.45) is 7.05 Å². The first-order valence-corrected chi connectivity index (χ1v) is 11.4. The zero-order valence-corrected chi connectivity index (χ0v) is 18.7. The molecule has 0 aliphatic carbocycles. The molecule has 0 atom stereocenters. The molecule has 0 aliphatic heterocycles. The van der Waals surface area contributed by atoms with Gasteiger partial charge >= 0.3 is 0 Å². The van der Waals surface area contributed by atoms with Crippen LogP contribution < -0.4 is 15.0 Å². The van der Waals surface area contributed by atoms with Gasteiger partial charge in [-0.2, -0.15) is 0 Å². The monoisotopic (exact) mass is 447 g/mol. The van der Waals surface area contributed by atoms with Crippen LogP contribution in [0.5, 0.6) is 5.75 Å². The highest BCUT2D eigenvalue weighted by molar-refractivity contribution is 7.89. The third-order valence-corrected chi connectivity index (χ3v) is 6.52. The van der Waals surface area contributed by atoms with Crippen LogP contribution >= 0.6 is 0 Å². The van der Waals surface area contributed by atoms with Crippen molar-refractivity contribution in [1.29, 1.82) is 0 Å². The van der Waals surface area contributed by atoms with Crippen LogP contribution in [0.4, 0.5) is 4.39 Å². The van der Waals surface area contributed by atoms with Crippen molar-refractivity contribution in [2.45, 2.75) is 31.6 Å². The van der Waals surface area contributed by atoms with E-state index in [0.29, 0.717) is 11.4 Å². The van der Waals surface area contributed by atoms with Crippen LogP contribution in [0.1, 0.15) is 31.0 Å². The molecule has 1 N–H and O–H groups in total. The van der Waals surface area contributed by atoms with E-state index in [2.05, 4.69) is 4.72 Å². The van der Waals surface area contributed by atoms with Crippen molar-refractivity contribution in [3.8, 4) is 11.4 Å². The first kappa shape index (κ1) is 22.8. The number of nitrogens with zero attached hydrogens (tertiary/aromatic N) is 2. The molecule has 7 nitrogen and oxygen atoms in total. The molecule has 0 saturated carbocycles. The number of rotatable bonds is 8. The third kappa shape index (κ3) is 4.88. The van der Waals surface area contributed by atoms with Gasteiger partial charge in [-0.3, -0.25) is 9.48 Å². The lowest BCUT2D eigenvalue weighted by atomic mass is 10.0. The molecule has 0 unspecified atom stereocenters. The number of benzene rings is 2. The average molecular weight is 448 g/mol. The molecule has 2 aromatic carbocycles. The fourth-order valence-corrected chi connectivity index (χ4v) is 4.42. The molecule has 3 rings (SSSR count). The highest BCUT2D eigenvalue weighted by Gasteiger charge is 2.19. The Morgan fingerprint density at radius 3 is 2.23 bits per heavy atom. The zero-order valence-electron chi connectivity index (χ0n) is 17.9. The van der Waals surface area contributed by atoms with Crippen LogP contribution in [0.15, 0.2) is 58.2 Å². The van der Waals surface area contributed by atoms with E-state index in [4.69, 9.17) is 4.74 Å². The van der Waals surface area contributed by atoms with E-state index in [1.807, 2.05) is 20.8 Å². The normalized spacial score (nSPS) is 11.8. The van der Waals surface area contributed by atoms with Crippen LogP contribution in [-0.4, -0.2) is 30.9 Å². The second-order valence-corrected chi connectivity index (χ2v) is 9.26. The first-order chi connectivity index (χ1) is 14.6. The van der Waals surface area contributed by atoms with Crippen molar-refractivity contribution in [1.82, 2.24) is 14.1 Å². The molecular weight excluding hydrogens is 421 g/mol. The Morgan fingerprint density at radius 1 is 1.06 bits per heavy atom. The minimum atomic E-state index is -3.74. The lowest BCUT2D eigenvalue weighted by molar-refractivity contribution is 0.322. The van der Waals surface area contributed by atoms with E-state index >= 15 is 0 Å². The number of nitrogens with one attached hydrogen (secondary N) is 1. The molecule has 0 fully saturated rings. The Labute approximate surface area is 181 Å². The molecule has 1 aromatic heterocycles. The number of sulfonamides is 1. The standard InChI is InChI=1S/C22H26FN3O4S/c1-15(2)21-16(3)25(4)26(22(21)27)18-7-11-20(12-8-18)31(28,29)24-13-14-30-19-9-5-17(23)6-10-19/h5-12,15,24H,13-14H2,1-4H3. The third-order valence-electron chi connectivity index (χ3n) is 5.04. The van der Waals surface area contributed by atoms with Crippen molar-refractivity contribution in [3.05, 3.63) is 76.0 Å². The SMILES string of the molecule is Cc1c(C(C)C)c(=O)n(-c2ccc(S(=O)(=O)NCCOc3ccc(F)cc3)cc2)n1C. The summed E-state index contributed by atoms with van der Waals surface area (Å²) in [5.41, 5.74) is 2.09. The van der Waals surface area contributed by atoms with E-state index < -0.39 is 10.0 Å². The van der Waals surface area contributed by atoms with Crippen LogP contribution in [0.3, 0.4) is 0 Å². The Bertz CT molecular complexity index is 1210. The minimum Gasteiger partial charge on any atom is -0.492 e. The summed E-state index contributed by atoms with van der Waals surface area (Å²) in [5, 5.41) is 0. The Balaban J connectivity index is 1.70. The molecule has 3 aromatic rings. The van der Waals surface area contributed by atoms with Gasteiger partial charge in [-0.1, -0.05) is 13.8 Å². The Kier molecular flexibility index (Phi) is 6.66. The summed E-state index contributed by atoms with van der Waals surface area (Å²) >= 11 is 0. The summed E-state index contributed by atoms with van der Waals surface area (Å²) in [6.45, 7) is 5.98. The summed E-state index contributed by atoms with van der Waals surface area (Å²) in [7, 11) is -1.94. The van der Waals surface area contributed by atoms with Gasteiger partial charge in [0.25, 0.3) is 5.56 Å². The predicted octanol–water partition coefficient (Wildman–Crippen LogP) is 3.10. The Hall–Kier alpha value is -2.91. The van der Waals surface area contributed by atoms with Gasteiger partial charge in [-0.25, -0.2) is 22.2 Å². The highest BCUT2D eigenvalue weighted by Crippen LogP contribution is 2.19. The summed E-state index contributed by atoms with van der Waals surface area (Å²) in [6, 6.07) is 11.6. The topological polar surface area (TPSA) is 82.3 Å². The van der Waals surface area contributed by atoms with Crippen LogP contribution in [0.25, 0.3) is 5.69 Å².